The van der Waals surface area contributed by atoms with Crippen molar-refractivity contribution >= 4 is 23.3 Å². The molecule has 0 fully saturated rings. The van der Waals surface area contributed by atoms with Crippen LogP contribution in [0, 0.1) is 0 Å². The second-order valence-corrected chi connectivity index (χ2v) is 9.68. The van der Waals surface area contributed by atoms with Crippen LogP contribution in [0.1, 0.15) is 27.2 Å². The fourth-order valence-electron chi connectivity index (χ4n) is 4.65. The van der Waals surface area contributed by atoms with Crippen molar-refractivity contribution in [2.45, 2.75) is 39.3 Å². The molecule has 2 aromatic rings. The van der Waals surface area contributed by atoms with Gasteiger partial charge in [0.2, 0.25) is 0 Å². The number of nitrogens with zero attached hydrogens (tertiary/aromatic N) is 1. The second-order valence-electron chi connectivity index (χ2n) is 9.68. The predicted octanol–water partition coefficient (Wildman–Crippen LogP) is 6.46. The zero-order valence-corrected chi connectivity index (χ0v) is 25.3. The molecule has 2 aliphatic rings. The minimum atomic E-state index is -1.12. The van der Waals surface area contributed by atoms with Gasteiger partial charge in [0.15, 0.2) is 0 Å². The largest absolute Gasteiger partial charge is 0.478 e. The van der Waals surface area contributed by atoms with E-state index in [0.29, 0.717) is 12.1 Å². The number of hydrogen-bond acceptors (Lipinski definition) is 6. The maximum Gasteiger partial charge on any atom is 0.335 e. The average Bonchev–Trinajstić information content (AvgIpc) is 3.05. The molecule has 0 amide bonds. The molecule has 0 aromatic heterocycles. The lowest BCUT2D eigenvalue weighted by Crippen LogP contribution is -2.47. The topological polar surface area (TPSA) is 128 Å². The van der Waals surface area contributed by atoms with Crippen molar-refractivity contribution in [1.82, 2.24) is 10.6 Å². The molecule has 0 spiro atoms. The number of nitrogens with one attached hydrogen (secondary N) is 2. The van der Waals surface area contributed by atoms with Gasteiger partial charge in [-0.05, 0) is 79.8 Å². The van der Waals surface area contributed by atoms with Gasteiger partial charge in [0.25, 0.3) is 0 Å². The molecule has 0 saturated heterocycles. The zero-order chi connectivity index (χ0) is 32.1. The van der Waals surface area contributed by atoms with Gasteiger partial charge in [-0.2, -0.15) is 0 Å². The summed E-state index contributed by atoms with van der Waals surface area (Å²) in [5, 5.41) is 25.6. The summed E-state index contributed by atoms with van der Waals surface area (Å²) < 4.78 is 0. The number of aliphatic carboxylic acids is 2. The third kappa shape index (κ3) is 8.75. The number of carbonyl (C=O) groups is 2. The van der Waals surface area contributed by atoms with E-state index in [1.54, 1.807) is 13.0 Å². The Kier molecular flexibility index (Phi) is 12.2. The van der Waals surface area contributed by atoms with Gasteiger partial charge in [0.05, 0.1) is 34.6 Å². The zero-order valence-electron chi connectivity index (χ0n) is 25.3. The highest BCUT2D eigenvalue weighted by molar-refractivity contribution is 5.91. The third-order valence-corrected chi connectivity index (χ3v) is 6.75. The van der Waals surface area contributed by atoms with E-state index < -0.39 is 18.0 Å². The Balaban J connectivity index is 0.00000259. The maximum absolute atomic E-state index is 11.9. The van der Waals surface area contributed by atoms with Crippen LogP contribution in [-0.2, 0) is 9.59 Å². The average molecular weight is 593 g/mol. The number of allylic oxidation sites excluding steroid dienone is 5. The first-order chi connectivity index (χ1) is 21.3. The second kappa shape index (κ2) is 16.2. The third-order valence-electron chi connectivity index (χ3n) is 6.75. The Morgan fingerprint density at radius 1 is 0.977 bits per heavy atom. The Morgan fingerprint density at radius 3 is 2.14 bits per heavy atom. The Morgan fingerprint density at radius 2 is 1.59 bits per heavy atom. The normalized spacial score (nSPS) is 18.0. The molecule has 8 heteroatoms. The Hall–Kier alpha value is -5.50. The lowest BCUT2D eigenvalue weighted by Gasteiger charge is -2.31. The van der Waals surface area contributed by atoms with E-state index in [1.807, 2.05) is 105 Å². The minimum absolute atomic E-state index is 0.00514. The molecule has 0 bridgehead atoms. The number of para-hydroxylation sites is 2. The quantitative estimate of drug-likeness (QED) is 0.149. The van der Waals surface area contributed by atoms with Gasteiger partial charge in [-0.15, -0.1) is 0 Å². The SMILES string of the molecule is C=C(/C=C\CC1=CC(C2C=C(C(=O)O)C=C(/C(N)=C/C(=C\C)C(=O)O)N2)NC=C1)N(c1ccccc1)c1ccccc1.CC. The fourth-order valence-corrected chi connectivity index (χ4v) is 4.65. The first-order valence-electron chi connectivity index (χ1n) is 14.5. The smallest absolute Gasteiger partial charge is 0.335 e. The number of dihydropyridines is 2. The van der Waals surface area contributed by atoms with E-state index in [1.165, 1.54) is 18.2 Å². The van der Waals surface area contributed by atoms with Gasteiger partial charge in [-0.1, -0.05) is 75.1 Å². The molecule has 8 nitrogen and oxygen atoms in total. The Bertz CT molecular complexity index is 1510. The number of hydrogen-bond donors (Lipinski definition) is 5. The van der Waals surface area contributed by atoms with Crippen LogP contribution in [0.2, 0.25) is 0 Å². The summed E-state index contributed by atoms with van der Waals surface area (Å²) in [5.41, 5.74) is 10.6. The first kappa shape index (κ1) is 33.0. The maximum atomic E-state index is 11.9. The van der Waals surface area contributed by atoms with Crippen LogP contribution in [-0.4, -0.2) is 34.2 Å². The first-order valence-corrected chi connectivity index (χ1v) is 14.5. The van der Waals surface area contributed by atoms with E-state index in [0.717, 1.165) is 22.6 Å². The van der Waals surface area contributed by atoms with Gasteiger partial charge >= 0.3 is 11.9 Å². The van der Waals surface area contributed by atoms with Gasteiger partial charge < -0.3 is 31.5 Å². The molecule has 2 unspecified atom stereocenters. The number of nitrogens with two attached hydrogens (primary N) is 1. The van der Waals surface area contributed by atoms with E-state index in [4.69, 9.17) is 5.73 Å². The van der Waals surface area contributed by atoms with Crippen molar-refractivity contribution in [3.05, 3.63) is 156 Å². The van der Waals surface area contributed by atoms with Crippen LogP contribution in [0.4, 0.5) is 11.4 Å². The molecule has 2 heterocycles. The summed E-state index contributed by atoms with van der Waals surface area (Å²) >= 11 is 0. The van der Waals surface area contributed by atoms with Crippen LogP contribution >= 0.6 is 0 Å². The van der Waals surface area contributed by atoms with Crippen molar-refractivity contribution < 1.29 is 19.8 Å². The van der Waals surface area contributed by atoms with Crippen LogP contribution in [0.15, 0.2) is 156 Å². The summed E-state index contributed by atoms with van der Waals surface area (Å²) in [6, 6.07) is 19.3. The van der Waals surface area contributed by atoms with Crippen LogP contribution in [0.5, 0.6) is 0 Å². The number of carboxylic acids is 2. The highest BCUT2D eigenvalue weighted by Crippen LogP contribution is 2.29. The minimum Gasteiger partial charge on any atom is -0.478 e. The molecule has 2 atom stereocenters. The van der Waals surface area contributed by atoms with Gasteiger partial charge in [0.1, 0.15) is 0 Å². The molecule has 228 valence electrons. The van der Waals surface area contributed by atoms with E-state index in [2.05, 4.69) is 22.1 Å². The lowest BCUT2D eigenvalue weighted by molar-refractivity contribution is -0.133. The van der Waals surface area contributed by atoms with Crippen LogP contribution in [0.3, 0.4) is 0 Å². The molecule has 0 saturated carbocycles. The van der Waals surface area contributed by atoms with Crippen molar-refractivity contribution in [3.63, 3.8) is 0 Å². The molecule has 44 heavy (non-hydrogen) atoms. The summed E-state index contributed by atoms with van der Waals surface area (Å²) in [6.45, 7) is 9.91. The molecule has 0 radical (unpaired) electrons. The number of benzene rings is 2. The van der Waals surface area contributed by atoms with Gasteiger partial charge in [-0.3, -0.25) is 0 Å². The van der Waals surface area contributed by atoms with Crippen molar-refractivity contribution in [2.75, 3.05) is 4.90 Å². The van der Waals surface area contributed by atoms with Gasteiger partial charge in [-0.25, -0.2) is 9.59 Å². The number of rotatable bonds is 11. The highest BCUT2D eigenvalue weighted by Gasteiger charge is 2.26. The molecule has 0 aliphatic carbocycles. The number of anilines is 2. The van der Waals surface area contributed by atoms with E-state index in [9.17, 15) is 19.8 Å². The summed E-state index contributed by atoms with van der Waals surface area (Å²) in [5.74, 6) is -2.23. The number of carboxylic acid groups (broad SMARTS) is 2. The molecule has 4 rings (SSSR count). The standard InChI is InChI=1S/C34H34N4O4.C2H6/c1-3-25(33(39)40)20-29(35)30-21-26(34(41)42)22-32(37-30)31-19-24(17-18-36-31)12-10-11-23(2)38(27-13-6-4-7-14-27)28-15-8-5-9-16-28;1-2/h3-11,13-22,31-32,36-37H,2,12,35H2,1H3,(H,39,40)(H,41,42);1-2H3/b11-10-,25-3+,29-20-;. The van der Waals surface area contributed by atoms with Crippen molar-refractivity contribution in [2.24, 2.45) is 5.73 Å². The molecule has 6 N–H and O–H groups in total. The molecular formula is C36H40N4O4. The summed E-state index contributed by atoms with van der Waals surface area (Å²) in [6.07, 6.45) is 16.2. The summed E-state index contributed by atoms with van der Waals surface area (Å²) in [7, 11) is 0. The monoisotopic (exact) mass is 592 g/mol. The Labute approximate surface area is 259 Å². The van der Waals surface area contributed by atoms with Crippen LogP contribution in [0.25, 0.3) is 0 Å². The van der Waals surface area contributed by atoms with E-state index in [-0.39, 0.29) is 22.9 Å². The predicted molar refractivity (Wildman–Crippen MR) is 178 cm³/mol. The van der Waals surface area contributed by atoms with Crippen molar-refractivity contribution in [3.8, 4) is 0 Å². The van der Waals surface area contributed by atoms with E-state index >= 15 is 0 Å². The fraction of sp³-hybridized carbons (Fsp3) is 0.167. The molecule has 2 aliphatic heterocycles. The van der Waals surface area contributed by atoms with Crippen molar-refractivity contribution in [1.29, 1.82) is 0 Å². The lowest BCUT2D eigenvalue weighted by atomic mass is 9.95. The van der Waals surface area contributed by atoms with Crippen LogP contribution < -0.4 is 21.3 Å². The summed E-state index contributed by atoms with van der Waals surface area (Å²) in [4.78, 5) is 25.4. The molecular weight excluding hydrogens is 552 g/mol. The molecule has 2 aromatic carbocycles. The highest BCUT2D eigenvalue weighted by atomic mass is 16.4. The van der Waals surface area contributed by atoms with Gasteiger partial charge in [0, 0.05) is 17.1 Å².